The van der Waals surface area contributed by atoms with Crippen LogP contribution in [0.25, 0.3) is 0 Å². The largest absolute Gasteiger partial charge is 0.501 e. The number of hydrogen-bond donors (Lipinski definition) is 0. The molecule has 2 aliphatic heterocycles. The van der Waals surface area contributed by atoms with E-state index in [2.05, 4.69) is 23.6 Å². The van der Waals surface area contributed by atoms with Gasteiger partial charge in [0.2, 0.25) is 0 Å². The van der Waals surface area contributed by atoms with Crippen molar-refractivity contribution < 1.29 is 18.0 Å². The third-order valence-corrected chi connectivity index (χ3v) is 7.69. The van der Waals surface area contributed by atoms with Crippen molar-refractivity contribution in [3.05, 3.63) is 0 Å². The quantitative estimate of drug-likeness (QED) is 0.678. The summed E-state index contributed by atoms with van der Waals surface area (Å²) in [6.07, 6.45) is 2.04. The molecule has 2 fully saturated rings. The van der Waals surface area contributed by atoms with E-state index in [0.29, 0.717) is 6.61 Å². The van der Waals surface area contributed by atoms with E-state index in [1.54, 1.807) is 7.11 Å². The molecule has 2 atom stereocenters. The molecule has 0 spiro atoms. The monoisotopic (exact) mass is 346 g/mol. The van der Waals surface area contributed by atoms with E-state index >= 15 is 0 Å². The van der Waals surface area contributed by atoms with Crippen LogP contribution in [0.15, 0.2) is 0 Å². The molecule has 0 amide bonds. The Morgan fingerprint density at radius 3 is 2.78 bits per heavy atom. The number of likely N-dealkylation sites (N-methyl/N-ethyl adjacent to an activating group) is 1. The molecule has 0 saturated carbocycles. The first-order valence-corrected chi connectivity index (χ1v) is 11.0. The molecule has 0 radical (unpaired) electrons. The van der Waals surface area contributed by atoms with Crippen LogP contribution in [0.1, 0.15) is 26.7 Å². The van der Waals surface area contributed by atoms with Crippen molar-refractivity contribution in [1.82, 2.24) is 9.80 Å². The molecule has 0 aliphatic carbocycles. The fourth-order valence-electron chi connectivity index (χ4n) is 3.28. The van der Waals surface area contributed by atoms with Gasteiger partial charge in [0, 0.05) is 52.5 Å². The Morgan fingerprint density at radius 1 is 1.22 bits per heavy atom. The van der Waals surface area contributed by atoms with Gasteiger partial charge in [-0.1, -0.05) is 13.8 Å². The van der Waals surface area contributed by atoms with E-state index in [1.165, 1.54) is 0 Å². The van der Waals surface area contributed by atoms with Gasteiger partial charge in [-0.3, -0.25) is 4.90 Å². The van der Waals surface area contributed by atoms with Gasteiger partial charge in [-0.15, -0.1) is 0 Å². The zero-order valence-corrected chi connectivity index (χ0v) is 16.1. The predicted octanol–water partition coefficient (Wildman–Crippen LogP) is 1.44. The Bertz CT molecular complexity index is 333. The molecule has 2 saturated heterocycles. The van der Waals surface area contributed by atoms with Crippen LogP contribution in [0.2, 0.25) is 6.04 Å². The van der Waals surface area contributed by atoms with E-state index in [4.69, 9.17) is 18.0 Å². The van der Waals surface area contributed by atoms with Gasteiger partial charge in [-0.25, -0.2) is 0 Å². The lowest BCUT2D eigenvalue weighted by atomic mass is 10.3. The first kappa shape index (κ1) is 19.3. The Kier molecular flexibility index (Phi) is 8.46. The molecule has 0 aromatic carbocycles. The SMILES string of the molecule is CCN(CC)CCN1CCCO[Si]2(OC)CCCOCC(C1)O2. The van der Waals surface area contributed by atoms with Gasteiger partial charge >= 0.3 is 8.80 Å². The average Bonchev–Trinajstić information content (AvgIpc) is 2.64. The smallest absolute Gasteiger partial charge is 0.379 e. The van der Waals surface area contributed by atoms with Gasteiger partial charge in [0.05, 0.1) is 12.7 Å². The summed E-state index contributed by atoms with van der Waals surface area (Å²) in [5.74, 6) is 0. The summed E-state index contributed by atoms with van der Waals surface area (Å²) in [5.41, 5.74) is 0. The number of fused-ring (bicyclic) bond motifs is 2. The van der Waals surface area contributed by atoms with Crippen molar-refractivity contribution in [3.8, 4) is 0 Å². The van der Waals surface area contributed by atoms with Crippen molar-refractivity contribution in [2.24, 2.45) is 0 Å². The highest BCUT2D eigenvalue weighted by Gasteiger charge is 2.43. The third kappa shape index (κ3) is 6.08. The summed E-state index contributed by atoms with van der Waals surface area (Å²) >= 11 is 0. The Hall–Kier alpha value is -0.0231. The van der Waals surface area contributed by atoms with E-state index in [9.17, 15) is 0 Å². The zero-order valence-electron chi connectivity index (χ0n) is 15.1. The minimum Gasteiger partial charge on any atom is -0.379 e. The fourth-order valence-corrected chi connectivity index (χ4v) is 5.71. The molecular formula is C16H34N2O4Si. The van der Waals surface area contributed by atoms with Crippen molar-refractivity contribution >= 4 is 8.80 Å². The van der Waals surface area contributed by atoms with Gasteiger partial charge in [0.15, 0.2) is 0 Å². The number of rotatable bonds is 6. The maximum atomic E-state index is 6.35. The molecule has 136 valence electrons. The minimum atomic E-state index is -2.51. The van der Waals surface area contributed by atoms with Crippen LogP contribution in [0.3, 0.4) is 0 Å². The van der Waals surface area contributed by atoms with Crippen LogP contribution in [-0.4, -0.2) is 90.9 Å². The van der Waals surface area contributed by atoms with E-state index in [0.717, 1.165) is 71.4 Å². The average molecular weight is 347 g/mol. The Morgan fingerprint density at radius 2 is 2.04 bits per heavy atom. The molecule has 0 N–H and O–H groups in total. The molecule has 7 heteroatoms. The molecule has 2 rings (SSSR count). The van der Waals surface area contributed by atoms with Gasteiger partial charge < -0.3 is 22.9 Å². The first-order chi connectivity index (χ1) is 11.2. The highest BCUT2D eigenvalue weighted by Crippen LogP contribution is 2.23. The first-order valence-electron chi connectivity index (χ1n) is 9.10. The number of ether oxygens (including phenoxy) is 1. The van der Waals surface area contributed by atoms with Crippen molar-refractivity contribution in [1.29, 1.82) is 0 Å². The topological polar surface area (TPSA) is 43.4 Å². The lowest BCUT2D eigenvalue weighted by Crippen LogP contribution is -2.51. The summed E-state index contributed by atoms with van der Waals surface area (Å²) in [6, 6.07) is 0.861. The van der Waals surface area contributed by atoms with Gasteiger partial charge in [-0.2, -0.15) is 0 Å². The second-order valence-electron chi connectivity index (χ2n) is 6.33. The summed E-state index contributed by atoms with van der Waals surface area (Å²) < 4.78 is 24.0. The van der Waals surface area contributed by atoms with Crippen LogP contribution >= 0.6 is 0 Å². The van der Waals surface area contributed by atoms with Gasteiger partial charge in [0.1, 0.15) is 0 Å². The van der Waals surface area contributed by atoms with Crippen LogP contribution in [-0.2, 0) is 18.0 Å². The molecule has 0 aromatic heterocycles. The van der Waals surface area contributed by atoms with Crippen molar-refractivity contribution in [3.63, 3.8) is 0 Å². The highest BCUT2D eigenvalue weighted by molar-refractivity contribution is 6.60. The maximum Gasteiger partial charge on any atom is 0.501 e. The minimum absolute atomic E-state index is 0.0525. The van der Waals surface area contributed by atoms with Crippen molar-refractivity contribution in [2.45, 2.75) is 38.8 Å². The summed E-state index contributed by atoms with van der Waals surface area (Å²) in [5, 5.41) is 0. The fraction of sp³-hybridized carbons (Fsp3) is 1.00. The molecule has 0 aromatic rings. The summed E-state index contributed by atoms with van der Waals surface area (Å²) in [4.78, 5) is 4.96. The molecular weight excluding hydrogens is 312 g/mol. The second-order valence-corrected chi connectivity index (χ2v) is 9.13. The van der Waals surface area contributed by atoms with Gasteiger partial charge in [0.25, 0.3) is 0 Å². The van der Waals surface area contributed by atoms with Crippen LogP contribution in [0.4, 0.5) is 0 Å². The van der Waals surface area contributed by atoms with Crippen LogP contribution < -0.4 is 0 Å². The zero-order chi connectivity index (χ0) is 16.5. The molecule has 2 unspecified atom stereocenters. The lowest BCUT2D eigenvalue weighted by Gasteiger charge is -2.34. The summed E-state index contributed by atoms with van der Waals surface area (Å²) in [6.45, 7) is 12.9. The number of nitrogens with zero attached hydrogens (tertiary/aromatic N) is 2. The normalized spacial score (nSPS) is 31.0. The van der Waals surface area contributed by atoms with E-state index in [1.807, 2.05) is 0 Å². The van der Waals surface area contributed by atoms with Crippen LogP contribution in [0.5, 0.6) is 0 Å². The second kappa shape index (κ2) is 10.1. The van der Waals surface area contributed by atoms with Crippen LogP contribution in [0, 0.1) is 0 Å². The predicted molar refractivity (Wildman–Crippen MR) is 92.7 cm³/mol. The van der Waals surface area contributed by atoms with Crippen molar-refractivity contribution in [2.75, 3.05) is 66.2 Å². The van der Waals surface area contributed by atoms with E-state index in [-0.39, 0.29) is 6.10 Å². The molecule has 2 aliphatic rings. The Balaban J connectivity index is 1.97. The van der Waals surface area contributed by atoms with E-state index < -0.39 is 8.80 Å². The van der Waals surface area contributed by atoms with Gasteiger partial charge in [-0.05, 0) is 25.9 Å². The standard InChI is InChI=1S/C16H34N2O4Si/c1-4-17(5-2)9-10-18-8-6-12-21-23(19-3)13-7-11-20-15-16(14-18)22-23/h16H,4-15H2,1-3H3. The molecule has 2 heterocycles. The molecule has 23 heavy (non-hydrogen) atoms. The third-order valence-electron chi connectivity index (χ3n) is 4.76. The molecule has 6 nitrogen and oxygen atoms in total. The lowest BCUT2D eigenvalue weighted by molar-refractivity contribution is -0.0260. The number of hydrogen-bond acceptors (Lipinski definition) is 6. The maximum absolute atomic E-state index is 6.35. The Labute approximate surface area is 142 Å². The highest BCUT2D eigenvalue weighted by atomic mass is 28.4. The molecule has 2 bridgehead atoms. The summed E-state index contributed by atoms with van der Waals surface area (Å²) in [7, 11) is -0.772.